The second-order valence-corrected chi connectivity index (χ2v) is 6.30. The minimum absolute atomic E-state index is 1.21. The van der Waals surface area contributed by atoms with Crippen molar-refractivity contribution in [1.82, 2.24) is 4.90 Å². The number of rotatable bonds is 3. The van der Waals surface area contributed by atoms with Gasteiger partial charge in [-0.25, -0.2) is 23.2 Å². The van der Waals surface area contributed by atoms with Gasteiger partial charge in [-0.2, -0.15) is 0 Å². The van der Waals surface area contributed by atoms with Crippen molar-refractivity contribution < 1.29 is 33.5 Å². The number of halogens is 1. The van der Waals surface area contributed by atoms with E-state index in [0.29, 0.717) is 0 Å². The van der Waals surface area contributed by atoms with Gasteiger partial charge < -0.3 is 4.90 Å². The molecule has 0 amide bonds. The van der Waals surface area contributed by atoms with Crippen molar-refractivity contribution in [3.8, 4) is 0 Å². The van der Waals surface area contributed by atoms with Crippen LogP contribution in [0.4, 0.5) is 0 Å². The smallest absolute Gasteiger partial charge is 0.172 e. The van der Waals surface area contributed by atoms with Gasteiger partial charge in [0.05, 0.1) is 5.57 Å². The first-order chi connectivity index (χ1) is 11.1. The Morgan fingerprint density at radius 2 is 1.50 bits per heavy atom. The van der Waals surface area contributed by atoms with Crippen LogP contribution in [0.25, 0.3) is 16.3 Å². The predicted molar refractivity (Wildman–Crippen MR) is 83.8 cm³/mol. The molecule has 6 nitrogen and oxygen atoms in total. The first kappa shape index (κ1) is 20.1. The number of benzene rings is 2. The molecule has 7 heteroatoms. The van der Waals surface area contributed by atoms with E-state index in [0.717, 1.165) is 0 Å². The second-order valence-electron chi connectivity index (χ2n) is 5.55. The maximum Gasteiger partial charge on any atom is 0.172 e. The fraction of sp³-hybridized carbons (Fsp3) is 0.235. The number of hydrogen-bond acceptors (Lipinski definition) is 5. The minimum Gasteiger partial charge on any atom is -0.383 e. The standard InChI is InChI=1S/C17H21N2.ClHO4/c1-18(2)12-15(13-19(3)4)17-11-7-9-14-8-5-6-10-16(14)17;2-1(3,4)5/h5-13H,1-4H3;(H,2,3,4,5)/q+1;/p-1. The molecule has 130 valence electrons. The van der Waals surface area contributed by atoms with Crippen LogP contribution in [0.1, 0.15) is 5.56 Å². The number of allylic oxidation sites excluding steroid dienone is 1. The summed E-state index contributed by atoms with van der Waals surface area (Å²) in [5.41, 5.74) is 2.48. The fourth-order valence-electron chi connectivity index (χ4n) is 2.21. The number of fused-ring (bicyclic) bond motifs is 1. The van der Waals surface area contributed by atoms with Crippen LogP contribution in [0.15, 0.2) is 48.7 Å². The maximum absolute atomic E-state index is 8.49. The minimum atomic E-state index is -4.94. The molecule has 0 heterocycles. The van der Waals surface area contributed by atoms with Crippen LogP contribution in [0, 0.1) is 10.2 Å². The monoisotopic (exact) mass is 352 g/mol. The molecule has 0 aliphatic carbocycles. The average molecular weight is 353 g/mol. The van der Waals surface area contributed by atoms with Gasteiger partial charge in [0, 0.05) is 20.3 Å². The van der Waals surface area contributed by atoms with E-state index < -0.39 is 10.2 Å². The van der Waals surface area contributed by atoms with Crippen molar-refractivity contribution in [3.05, 3.63) is 54.2 Å². The van der Waals surface area contributed by atoms with Gasteiger partial charge in [0.2, 0.25) is 0 Å². The van der Waals surface area contributed by atoms with Crippen LogP contribution < -0.4 is 18.6 Å². The highest BCUT2D eigenvalue weighted by molar-refractivity contribution is 6.12. The van der Waals surface area contributed by atoms with Crippen molar-refractivity contribution >= 4 is 22.6 Å². The predicted octanol–water partition coefficient (Wildman–Crippen LogP) is -1.67. The Kier molecular flexibility index (Phi) is 7.34. The van der Waals surface area contributed by atoms with E-state index in [1.165, 1.54) is 21.9 Å². The molecule has 0 aliphatic rings. The van der Waals surface area contributed by atoms with Gasteiger partial charge >= 0.3 is 0 Å². The molecular formula is C17H21ClN2O4. The molecule has 0 aliphatic heterocycles. The molecule has 0 bridgehead atoms. The zero-order valence-electron chi connectivity index (χ0n) is 14.1. The summed E-state index contributed by atoms with van der Waals surface area (Å²) >= 11 is 0. The van der Waals surface area contributed by atoms with E-state index >= 15 is 0 Å². The summed E-state index contributed by atoms with van der Waals surface area (Å²) < 4.78 is 36.1. The quantitative estimate of drug-likeness (QED) is 0.486. The molecule has 0 spiro atoms. The maximum atomic E-state index is 8.49. The van der Waals surface area contributed by atoms with Crippen LogP contribution in [0.5, 0.6) is 0 Å². The molecule has 0 N–H and O–H groups in total. The van der Waals surface area contributed by atoms with Crippen LogP contribution in [-0.2, 0) is 0 Å². The van der Waals surface area contributed by atoms with E-state index in [2.05, 4.69) is 92.5 Å². The SMILES string of the molecule is CN(C)/C=C(/C=[N+](C)C)c1cccc2ccccc12.[O-][Cl+3]([O-])([O-])[O-]. The molecule has 2 aromatic rings. The van der Waals surface area contributed by atoms with Gasteiger partial charge in [-0.15, -0.1) is 10.2 Å². The van der Waals surface area contributed by atoms with Gasteiger partial charge in [0.1, 0.15) is 14.1 Å². The van der Waals surface area contributed by atoms with E-state index in [9.17, 15) is 0 Å². The Bertz CT molecular complexity index is 721. The highest BCUT2D eigenvalue weighted by Gasteiger charge is 2.07. The summed E-state index contributed by atoms with van der Waals surface area (Å²) in [5.74, 6) is 0. The average Bonchev–Trinajstić information content (AvgIpc) is 2.43. The summed E-state index contributed by atoms with van der Waals surface area (Å²) in [6, 6.07) is 15.0. The molecule has 0 radical (unpaired) electrons. The molecule has 2 aromatic carbocycles. The van der Waals surface area contributed by atoms with Crippen molar-refractivity contribution in [2.45, 2.75) is 0 Å². The number of nitrogens with zero attached hydrogens (tertiary/aromatic N) is 2. The van der Waals surface area contributed by atoms with Gasteiger partial charge in [-0.3, -0.25) is 0 Å². The van der Waals surface area contributed by atoms with E-state index in [-0.39, 0.29) is 0 Å². The normalized spacial score (nSPS) is 11.6. The lowest BCUT2D eigenvalue weighted by atomic mass is 9.99. The Morgan fingerprint density at radius 1 is 0.958 bits per heavy atom. The van der Waals surface area contributed by atoms with E-state index in [1.54, 1.807) is 0 Å². The third-order valence-electron chi connectivity index (χ3n) is 2.90. The topological polar surface area (TPSA) is 98.5 Å². The number of hydrogen-bond donors (Lipinski definition) is 0. The summed E-state index contributed by atoms with van der Waals surface area (Å²) in [5, 5.41) is 2.56. The zero-order valence-corrected chi connectivity index (χ0v) is 14.9. The van der Waals surface area contributed by atoms with E-state index in [1.807, 2.05) is 0 Å². The Balaban J connectivity index is 0.000000505. The van der Waals surface area contributed by atoms with Crippen LogP contribution in [-0.4, -0.2) is 43.9 Å². The van der Waals surface area contributed by atoms with Crippen molar-refractivity contribution in [3.63, 3.8) is 0 Å². The highest BCUT2D eigenvalue weighted by atomic mass is 35.7. The summed E-state index contributed by atoms with van der Waals surface area (Å²) in [6.45, 7) is 0. The molecule has 0 aromatic heterocycles. The molecule has 0 fully saturated rings. The lowest BCUT2D eigenvalue weighted by molar-refractivity contribution is -2.00. The summed E-state index contributed by atoms with van der Waals surface area (Å²) in [7, 11) is 3.26. The van der Waals surface area contributed by atoms with Crippen molar-refractivity contribution in [2.24, 2.45) is 0 Å². The molecule has 0 saturated carbocycles. The largest absolute Gasteiger partial charge is 0.383 e. The van der Waals surface area contributed by atoms with Crippen molar-refractivity contribution in [1.29, 1.82) is 0 Å². The molecule has 24 heavy (non-hydrogen) atoms. The van der Waals surface area contributed by atoms with Crippen molar-refractivity contribution in [2.75, 3.05) is 28.2 Å². The van der Waals surface area contributed by atoms with Gasteiger partial charge in [0.25, 0.3) is 0 Å². The fourth-order valence-corrected chi connectivity index (χ4v) is 2.21. The van der Waals surface area contributed by atoms with Crippen LogP contribution in [0.3, 0.4) is 0 Å². The first-order valence-electron chi connectivity index (χ1n) is 7.07. The Hall–Kier alpha value is -1.96. The van der Waals surface area contributed by atoms with E-state index in [4.69, 9.17) is 18.6 Å². The summed E-state index contributed by atoms with van der Waals surface area (Å²) in [4.78, 5) is 2.08. The first-order valence-corrected chi connectivity index (χ1v) is 8.31. The summed E-state index contributed by atoms with van der Waals surface area (Å²) in [6.07, 6.45) is 4.31. The van der Waals surface area contributed by atoms with Gasteiger partial charge in [-0.1, -0.05) is 42.5 Å². The highest BCUT2D eigenvalue weighted by Crippen LogP contribution is 2.24. The third-order valence-corrected chi connectivity index (χ3v) is 2.90. The zero-order chi connectivity index (χ0) is 18.3. The molecule has 0 atom stereocenters. The molecule has 0 unspecified atom stereocenters. The van der Waals surface area contributed by atoms with Gasteiger partial charge in [0.15, 0.2) is 6.21 Å². The molecule has 0 saturated heterocycles. The Morgan fingerprint density at radius 3 is 2.04 bits per heavy atom. The lowest BCUT2D eigenvalue weighted by Gasteiger charge is -2.17. The van der Waals surface area contributed by atoms with Crippen LogP contribution >= 0.6 is 0 Å². The lowest BCUT2D eigenvalue weighted by Crippen LogP contribution is -2.68. The second kappa shape index (κ2) is 8.77. The third kappa shape index (κ3) is 7.54. The van der Waals surface area contributed by atoms with Gasteiger partial charge in [-0.05, 0) is 16.3 Å². The Labute approximate surface area is 143 Å². The molecule has 2 rings (SSSR count). The molecular weight excluding hydrogens is 332 g/mol. The van der Waals surface area contributed by atoms with Crippen LogP contribution in [0.2, 0.25) is 0 Å².